The molecule has 4 atom stereocenters. The first kappa shape index (κ1) is 24.3. The quantitative estimate of drug-likeness (QED) is 0.236. The minimum absolute atomic E-state index is 0.00727. The zero-order valence-corrected chi connectivity index (χ0v) is 20.6. The van der Waals surface area contributed by atoms with Crippen LogP contribution >= 0.6 is 0 Å². The molecule has 174 valence electrons. The molecule has 0 saturated heterocycles. The summed E-state index contributed by atoms with van der Waals surface area (Å²) in [7, 11) is 0. The van der Waals surface area contributed by atoms with Crippen molar-refractivity contribution in [1.29, 1.82) is 0 Å². The maximum absolute atomic E-state index is 12.9. The summed E-state index contributed by atoms with van der Waals surface area (Å²) in [5.41, 5.74) is 1.41. The zero-order valence-electron chi connectivity index (χ0n) is 20.6. The van der Waals surface area contributed by atoms with Crippen molar-refractivity contribution in [1.82, 2.24) is 0 Å². The third-order valence-corrected chi connectivity index (χ3v) is 8.55. The van der Waals surface area contributed by atoms with Gasteiger partial charge in [-0.3, -0.25) is 4.79 Å². The van der Waals surface area contributed by atoms with Gasteiger partial charge in [0.2, 0.25) is 0 Å². The summed E-state index contributed by atoms with van der Waals surface area (Å²) in [4.78, 5) is 12.9. The van der Waals surface area contributed by atoms with Crippen LogP contribution in [0, 0.1) is 29.6 Å². The summed E-state index contributed by atoms with van der Waals surface area (Å²) >= 11 is 0. The van der Waals surface area contributed by atoms with E-state index in [1.807, 2.05) is 12.1 Å². The molecule has 0 heterocycles. The molecule has 2 saturated carbocycles. The van der Waals surface area contributed by atoms with Gasteiger partial charge >= 0.3 is 5.97 Å². The van der Waals surface area contributed by atoms with Crippen molar-refractivity contribution in [2.75, 3.05) is 0 Å². The zero-order chi connectivity index (χ0) is 22.2. The third-order valence-electron chi connectivity index (χ3n) is 8.55. The number of carbonyl (C=O) groups is 1. The number of ether oxygens (including phenoxy) is 1. The van der Waals surface area contributed by atoms with Crippen LogP contribution in [0.2, 0.25) is 0 Å². The number of benzene rings is 1. The molecule has 2 aliphatic carbocycles. The highest BCUT2D eigenvalue weighted by molar-refractivity contribution is 5.75. The Bertz CT molecular complexity index is 656. The molecule has 31 heavy (non-hydrogen) atoms. The third kappa shape index (κ3) is 7.36. The van der Waals surface area contributed by atoms with Gasteiger partial charge in [0.25, 0.3) is 0 Å². The van der Waals surface area contributed by atoms with E-state index in [0.29, 0.717) is 5.92 Å². The van der Waals surface area contributed by atoms with Crippen LogP contribution in [-0.4, -0.2) is 5.97 Å². The van der Waals surface area contributed by atoms with Gasteiger partial charge in [-0.2, -0.15) is 0 Å². The largest absolute Gasteiger partial charge is 0.426 e. The summed E-state index contributed by atoms with van der Waals surface area (Å²) in [6.07, 6.45) is 14.8. The summed E-state index contributed by atoms with van der Waals surface area (Å²) in [6.45, 7) is 9.46. The van der Waals surface area contributed by atoms with Gasteiger partial charge in [0.05, 0.1) is 5.92 Å². The molecule has 1 aromatic carbocycles. The Morgan fingerprint density at radius 1 is 0.935 bits per heavy atom. The number of rotatable bonds is 8. The van der Waals surface area contributed by atoms with Gasteiger partial charge < -0.3 is 4.74 Å². The number of hydrogen-bond acceptors (Lipinski definition) is 2. The van der Waals surface area contributed by atoms with Crippen molar-refractivity contribution in [3.05, 3.63) is 29.8 Å². The molecule has 0 bridgehead atoms. The van der Waals surface area contributed by atoms with Crippen molar-refractivity contribution in [3.63, 3.8) is 0 Å². The van der Waals surface area contributed by atoms with E-state index in [1.165, 1.54) is 63.4 Å². The van der Waals surface area contributed by atoms with Gasteiger partial charge in [-0.25, -0.2) is 0 Å². The predicted molar refractivity (Wildman–Crippen MR) is 130 cm³/mol. The fourth-order valence-electron chi connectivity index (χ4n) is 5.72. The van der Waals surface area contributed by atoms with E-state index < -0.39 is 0 Å². The van der Waals surface area contributed by atoms with E-state index in [1.54, 1.807) is 0 Å². The lowest BCUT2D eigenvalue weighted by Crippen LogP contribution is -2.20. The van der Waals surface area contributed by atoms with Crippen LogP contribution in [0.5, 0.6) is 5.75 Å². The fourth-order valence-corrected chi connectivity index (χ4v) is 5.72. The fraction of sp³-hybridized carbons (Fsp3) is 0.759. The highest BCUT2D eigenvalue weighted by Gasteiger charge is 2.28. The van der Waals surface area contributed by atoms with E-state index in [0.717, 1.165) is 48.7 Å². The summed E-state index contributed by atoms with van der Waals surface area (Å²) in [5, 5.41) is 0. The first-order chi connectivity index (χ1) is 15.0. The Labute approximate surface area is 191 Å². The molecule has 0 aromatic heterocycles. The Kier molecular flexibility index (Phi) is 9.48. The van der Waals surface area contributed by atoms with E-state index >= 15 is 0 Å². The molecule has 2 heteroatoms. The van der Waals surface area contributed by atoms with E-state index in [-0.39, 0.29) is 11.9 Å². The maximum atomic E-state index is 12.9. The molecule has 0 aliphatic heterocycles. The Morgan fingerprint density at radius 3 is 2.32 bits per heavy atom. The molecule has 0 radical (unpaired) electrons. The van der Waals surface area contributed by atoms with Gasteiger partial charge in [-0.05, 0) is 79.4 Å². The average Bonchev–Trinajstić information content (AvgIpc) is 3.05. The van der Waals surface area contributed by atoms with Crippen molar-refractivity contribution in [2.24, 2.45) is 29.6 Å². The first-order valence-corrected chi connectivity index (χ1v) is 13.3. The molecule has 0 N–H and O–H groups in total. The summed E-state index contributed by atoms with van der Waals surface area (Å²) in [6, 6.07) is 8.40. The van der Waals surface area contributed by atoms with Crippen LogP contribution in [0.3, 0.4) is 0 Å². The second-order valence-corrected chi connectivity index (χ2v) is 11.0. The van der Waals surface area contributed by atoms with E-state index in [2.05, 4.69) is 39.8 Å². The van der Waals surface area contributed by atoms with Crippen LogP contribution in [0.4, 0.5) is 0 Å². The van der Waals surface area contributed by atoms with Crippen LogP contribution < -0.4 is 4.74 Å². The van der Waals surface area contributed by atoms with Crippen LogP contribution in [0.15, 0.2) is 24.3 Å². The molecule has 3 rings (SSSR count). The number of esters is 1. The van der Waals surface area contributed by atoms with Crippen LogP contribution in [-0.2, 0) is 4.79 Å². The molecule has 2 fully saturated rings. The van der Waals surface area contributed by atoms with Crippen molar-refractivity contribution in [2.45, 2.75) is 111 Å². The molecular formula is C29H46O2. The van der Waals surface area contributed by atoms with Gasteiger partial charge in [-0.15, -0.1) is 0 Å². The molecule has 2 aliphatic rings. The Hall–Kier alpha value is -1.31. The number of hydrogen-bond donors (Lipinski definition) is 0. The van der Waals surface area contributed by atoms with Crippen LogP contribution in [0.25, 0.3) is 0 Å². The lowest BCUT2D eigenvalue weighted by molar-refractivity contribution is -0.139. The van der Waals surface area contributed by atoms with Gasteiger partial charge in [0.15, 0.2) is 0 Å². The summed E-state index contributed by atoms with van der Waals surface area (Å²) in [5.74, 6) is 4.74. The SMILES string of the molecule is CCC(C)CCC(C)C1CCCC(C(=O)Oc2ccc(C3CCC(C)CC3)cc2)CC1. The second-order valence-electron chi connectivity index (χ2n) is 11.0. The lowest BCUT2D eigenvalue weighted by Gasteiger charge is -2.26. The van der Waals surface area contributed by atoms with Crippen molar-refractivity contribution < 1.29 is 9.53 Å². The standard InChI is InChI=1S/C29H46O2/c1-5-21(2)9-12-23(4)24-7-6-8-27(16-15-24)29(30)31-28-19-17-26(18-20-28)25-13-10-22(3)11-14-25/h17-25,27H,5-16H2,1-4H3. The topological polar surface area (TPSA) is 26.3 Å². The van der Waals surface area contributed by atoms with Gasteiger partial charge in [0.1, 0.15) is 5.75 Å². The predicted octanol–water partition coefficient (Wildman–Crippen LogP) is 8.54. The molecular weight excluding hydrogens is 380 g/mol. The van der Waals surface area contributed by atoms with Crippen LogP contribution in [0.1, 0.15) is 116 Å². The van der Waals surface area contributed by atoms with Crippen molar-refractivity contribution >= 4 is 5.97 Å². The Morgan fingerprint density at radius 2 is 1.65 bits per heavy atom. The molecule has 0 spiro atoms. The molecule has 4 unspecified atom stereocenters. The lowest BCUT2D eigenvalue weighted by atomic mass is 9.79. The van der Waals surface area contributed by atoms with E-state index in [4.69, 9.17) is 4.74 Å². The van der Waals surface area contributed by atoms with Gasteiger partial charge in [-0.1, -0.05) is 84.8 Å². The first-order valence-electron chi connectivity index (χ1n) is 13.3. The highest BCUT2D eigenvalue weighted by atomic mass is 16.5. The summed E-state index contributed by atoms with van der Waals surface area (Å²) < 4.78 is 5.82. The molecule has 0 amide bonds. The molecule has 2 nitrogen and oxygen atoms in total. The minimum Gasteiger partial charge on any atom is -0.426 e. The second kappa shape index (κ2) is 12.1. The number of carbonyl (C=O) groups excluding carboxylic acids is 1. The smallest absolute Gasteiger partial charge is 0.314 e. The normalized spacial score (nSPS) is 29.0. The monoisotopic (exact) mass is 426 g/mol. The average molecular weight is 427 g/mol. The van der Waals surface area contributed by atoms with E-state index in [9.17, 15) is 4.79 Å². The Balaban J connectivity index is 1.46. The highest BCUT2D eigenvalue weighted by Crippen LogP contribution is 2.37. The maximum Gasteiger partial charge on any atom is 0.314 e. The van der Waals surface area contributed by atoms with Crippen molar-refractivity contribution in [3.8, 4) is 5.75 Å². The van der Waals surface area contributed by atoms with Gasteiger partial charge in [0, 0.05) is 0 Å². The molecule has 1 aromatic rings. The minimum atomic E-state index is -0.00727.